The molecule has 0 unspecified atom stereocenters. The number of Topliss-reactive ketones (excluding diaryl/α,β-unsaturated/α-hetero) is 1. The maximum absolute atomic E-state index is 13.0. The number of aryl methyl sites for hydroxylation is 1. The molecule has 2 aromatic carbocycles. The first-order chi connectivity index (χ1) is 14.8. The van der Waals surface area contributed by atoms with Crippen molar-refractivity contribution in [3.05, 3.63) is 88.2 Å². The number of hydrogen-bond acceptors (Lipinski definition) is 4. The molecule has 0 N–H and O–H groups in total. The van der Waals surface area contributed by atoms with Gasteiger partial charge < -0.3 is 9.30 Å². The molecule has 0 bridgehead atoms. The van der Waals surface area contributed by atoms with E-state index >= 15 is 0 Å². The van der Waals surface area contributed by atoms with Crippen LogP contribution >= 0.6 is 0 Å². The van der Waals surface area contributed by atoms with Crippen LogP contribution in [0.1, 0.15) is 21.7 Å². The SMILES string of the molecule is Cc1cc(C(=O)Cn2cnc3ccccc3c2=O)c(C)n1-c1ccc(OC(F)F)cc1. The summed E-state index contributed by atoms with van der Waals surface area (Å²) >= 11 is 0. The number of ether oxygens (including phenoxy) is 1. The largest absolute Gasteiger partial charge is 0.435 e. The van der Waals surface area contributed by atoms with Crippen LogP contribution in [0, 0.1) is 13.8 Å². The normalized spacial score (nSPS) is 11.3. The summed E-state index contributed by atoms with van der Waals surface area (Å²) in [6.45, 7) is 0.614. The predicted octanol–water partition coefficient (Wildman–Crippen LogP) is 4.29. The Morgan fingerprint density at radius 2 is 1.81 bits per heavy atom. The van der Waals surface area contributed by atoms with E-state index in [4.69, 9.17) is 0 Å². The van der Waals surface area contributed by atoms with Crippen LogP contribution in [0.5, 0.6) is 5.75 Å². The van der Waals surface area contributed by atoms with Gasteiger partial charge in [0.1, 0.15) is 5.75 Å². The number of para-hydroxylation sites is 1. The minimum Gasteiger partial charge on any atom is -0.435 e. The number of hydrogen-bond donors (Lipinski definition) is 0. The Morgan fingerprint density at radius 3 is 2.52 bits per heavy atom. The highest BCUT2D eigenvalue weighted by Crippen LogP contribution is 2.24. The van der Waals surface area contributed by atoms with Crippen molar-refractivity contribution in [3.8, 4) is 11.4 Å². The van der Waals surface area contributed by atoms with Gasteiger partial charge in [-0.3, -0.25) is 14.2 Å². The molecule has 6 nitrogen and oxygen atoms in total. The Morgan fingerprint density at radius 1 is 1.10 bits per heavy atom. The van der Waals surface area contributed by atoms with Crippen molar-refractivity contribution in [2.75, 3.05) is 0 Å². The molecular weight excluding hydrogens is 404 g/mol. The lowest BCUT2D eigenvalue weighted by atomic mass is 10.1. The van der Waals surface area contributed by atoms with Crippen molar-refractivity contribution in [1.29, 1.82) is 0 Å². The zero-order valence-corrected chi connectivity index (χ0v) is 16.9. The number of fused-ring (bicyclic) bond motifs is 1. The van der Waals surface area contributed by atoms with Crippen LogP contribution in [-0.4, -0.2) is 26.5 Å². The highest BCUT2D eigenvalue weighted by molar-refractivity contribution is 5.97. The van der Waals surface area contributed by atoms with E-state index in [0.29, 0.717) is 27.8 Å². The zero-order chi connectivity index (χ0) is 22.1. The molecule has 0 spiro atoms. The number of carbonyl (C=O) groups excluding carboxylic acids is 1. The standard InChI is InChI=1S/C23H19F2N3O3/c1-14-11-19(15(2)28(14)16-7-9-17(10-8-16)31-23(24)25)21(29)12-27-13-26-20-6-4-3-5-18(20)22(27)30/h3-11,13,23H,12H2,1-2H3. The number of benzene rings is 2. The van der Waals surface area contributed by atoms with E-state index in [1.807, 2.05) is 11.5 Å². The smallest absolute Gasteiger partial charge is 0.387 e. The van der Waals surface area contributed by atoms with Crippen LogP contribution < -0.4 is 10.3 Å². The summed E-state index contributed by atoms with van der Waals surface area (Å²) < 4.78 is 32.3. The first kappa shape index (κ1) is 20.5. The minimum atomic E-state index is -2.89. The van der Waals surface area contributed by atoms with Gasteiger partial charge in [0.25, 0.3) is 5.56 Å². The van der Waals surface area contributed by atoms with Crippen LogP contribution in [0.3, 0.4) is 0 Å². The van der Waals surface area contributed by atoms with E-state index in [0.717, 1.165) is 5.69 Å². The average molecular weight is 423 g/mol. The Labute approximate surface area is 176 Å². The van der Waals surface area contributed by atoms with Crippen molar-refractivity contribution in [2.24, 2.45) is 0 Å². The third-order valence-electron chi connectivity index (χ3n) is 5.10. The number of ketones is 1. The fourth-order valence-electron chi connectivity index (χ4n) is 3.68. The summed E-state index contributed by atoms with van der Waals surface area (Å²) in [6, 6.07) is 14.9. The second-order valence-electron chi connectivity index (χ2n) is 7.11. The lowest BCUT2D eigenvalue weighted by molar-refractivity contribution is -0.0498. The van der Waals surface area contributed by atoms with Crippen LogP contribution in [0.15, 0.2) is 65.7 Å². The van der Waals surface area contributed by atoms with Crippen LogP contribution in [-0.2, 0) is 6.54 Å². The Hall–Kier alpha value is -3.81. The van der Waals surface area contributed by atoms with Crippen LogP contribution in [0.25, 0.3) is 16.6 Å². The molecule has 0 saturated carbocycles. The van der Waals surface area contributed by atoms with Crippen molar-refractivity contribution < 1.29 is 18.3 Å². The maximum atomic E-state index is 13.0. The molecular formula is C23H19F2N3O3. The average Bonchev–Trinajstić information content (AvgIpc) is 3.04. The van der Waals surface area contributed by atoms with Crippen molar-refractivity contribution in [3.63, 3.8) is 0 Å². The van der Waals surface area contributed by atoms with Gasteiger partial charge in [-0.2, -0.15) is 8.78 Å². The van der Waals surface area contributed by atoms with Gasteiger partial charge in [-0.05, 0) is 56.3 Å². The van der Waals surface area contributed by atoms with E-state index < -0.39 is 6.61 Å². The highest BCUT2D eigenvalue weighted by atomic mass is 19.3. The van der Waals surface area contributed by atoms with Gasteiger partial charge in [0, 0.05) is 22.6 Å². The van der Waals surface area contributed by atoms with Gasteiger partial charge >= 0.3 is 6.61 Å². The fraction of sp³-hybridized carbons (Fsp3) is 0.174. The summed E-state index contributed by atoms with van der Waals surface area (Å²) in [5, 5.41) is 0.453. The van der Waals surface area contributed by atoms with E-state index in [-0.39, 0.29) is 23.6 Å². The van der Waals surface area contributed by atoms with Crippen molar-refractivity contribution >= 4 is 16.7 Å². The summed E-state index contributed by atoms with van der Waals surface area (Å²) in [6.07, 6.45) is 1.38. The molecule has 0 aliphatic carbocycles. The molecule has 0 aliphatic heterocycles. The molecule has 8 heteroatoms. The van der Waals surface area contributed by atoms with Crippen LogP contribution in [0.2, 0.25) is 0 Å². The van der Waals surface area contributed by atoms with Crippen molar-refractivity contribution in [1.82, 2.24) is 14.1 Å². The van der Waals surface area contributed by atoms with E-state index in [2.05, 4.69) is 9.72 Å². The molecule has 0 radical (unpaired) electrons. The minimum absolute atomic E-state index is 0.0562. The van der Waals surface area contributed by atoms with Crippen molar-refractivity contribution in [2.45, 2.75) is 27.0 Å². The van der Waals surface area contributed by atoms with Crippen LogP contribution in [0.4, 0.5) is 8.78 Å². The first-order valence-electron chi connectivity index (χ1n) is 9.56. The molecule has 31 heavy (non-hydrogen) atoms. The van der Waals surface area contributed by atoms with Gasteiger partial charge in [-0.25, -0.2) is 4.98 Å². The second-order valence-corrected chi connectivity index (χ2v) is 7.11. The van der Waals surface area contributed by atoms with Gasteiger partial charge in [0.2, 0.25) is 0 Å². The molecule has 4 aromatic rings. The van der Waals surface area contributed by atoms with E-state index in [1.165, 1.54) is 23.0 Å². The molecule has 2 heterocycles. The molecule has 0 atom stereocenters. The van der Waals surface area contributed by atoms with Gasteiger partial charge in [-0.1, -0.05) is 12.1 Å². The third-order valence-corrected chi connectivity index (χ3v) is 5.10. The lowest BCUT2D eigenvalue weighted by Gasteiger charge is -2.11. The summed E-state index contributed by atoms with van der Waals surface area (Å²) in [5.41, 5.74) is 2.97. The fourth-order valence-corrected chi connectivity index (χ4v) is 3.68. The molecule has 4 rings (SSSR count). The maximum Gasteiger partial charge on any atom is 0.387 e. The Balaban J connectivity index is 1.63. The zero-order valence-electron chi connectivity index (χ0n) is 16.9. The quantitative estimate of drug-likeness (QED) is 0.434. The molecule has 0 fully saturated rings. The Bertz CT molecular complexity index is 1320. The van der Waals surface area contributed by atoms with Gasteiger partial charge in [-0.15, -0.1) is 0 Å². The number of nitrogens with zero attached hydrogens (tertiary/aromatic N) is 3. The summed E-state index contributed by atoms with van der Waals surface area (Å²) in [4.78, 5) is 29.9. The molecule has 0 amide bonds. The highest BCUT2D eigenvalue weighted by Gasteiger charge is 2.18. The number of halogens is 2. The monoisotopic (exact) mass is 423 g/mol. The summed E-state index contributed by atoms with van der Waals surface area (Å²) in [7, 11) is 0. The predicted molar refractivity (Wildman–Crippen MR) is 112 cm³/mol. The first-order valence-corrected chi connectivity index (χ1v) is 9.56. The molecule has 0 saturated heterocycles. The number of aromatic nitrogens is 3. The van der Waals surface area contributed by atoms with E-state index in [1.54, 1.807) is 49.4 Å². The van der Waals surface area contributed by atoms with Gasteiger partial charge in [0.05, 0.1) is 23.8 Å². The summed E-state index contributed by atoms with van der Waals surface area (Å²) in [5.74, 6) is -0.170. The molecule has 0 aliphatic rings. The number of rotatable bonds is 6. The third kappa shape index (κ3) is 3.96. The number of alkyl halides is 2. The lowest BCUT2D eigenvalue weighted by Crippen LogP contribution is -2.24. The molecule has 2 aromatic heterocycles. The van der Waals surface area contributed by atoms with E-state index in [9.17, 15) is 18.4 Å². The number of carbonyl (C=O) groups is 1. The van der Waals surface area contributed by atoms with Gasteiger partial charge in [0.15, 0.2) is 5.78 Å². The molecule has 158 valence electrons. The second kappa shape index (κ2) is 8.14. The Kier molecular flexibility index (Phi) is 5.37. The topological polar surface area (TPSA) is 66.1 Å².